The summed E-state index contributed by atoms with van der Waals surface area (Å²) in [5.41, 5.74) is 6.07. The first-order valence-corrected chi connectivity index (χ1v) is 4.87. The van der Waals surface area contributed by atoms with Crippen LogP contribution < -0.4 is 5.73 Å². The zero-order valence-electron chi connectivity index (χ0n) is 9.09. The number of nitrogens with two attached hydrogens (primary N) is 1. The lowest BCUT2D eigenvalue weighted by atomic mass is 9.67. The first-order chi connectivity index (χ1) is 5.33. The predicted octanol–water partition coefficient (Wildman–Crippen LogP) is 2.36. The lowest BCUT2D eigenvalue weighted by molar-refractivity contribution is 0.223. The SMILES string of the molecule is [B]C(C)C(C)C(C)C(C)(N)CC. The minimum absolute atomic E-state index is 0.0763. The smallest absolute Gasteiger partial charge is 0.0699 e. The summed E-state index contributed by atoms with van der Waals surface area (Å²) in [5, 5.41) is 0. The molecule has 0 bridgehead atoms. The molecule has 0 fully saturated rings. The molecule has 1 nitrogen and oxygen atoms in total. The molecule has 0 aliphatic carbocycles. The number of rotatable bonds is 4. The van der Waals surface area contributed by atoms with E-state index in [9.17, 15) is 0 Å². The minimum atomic E-state index is -0.0763. The second kappa shape index (κ2) is 4.31. The van der Waals surface area contributed by atoms with E-state index in [-0.39, 0.29) is 11.4 Å². The van der Waals surface area contributed by atoms with Crippen molar-refractivity contribution in [3.05, 3.63) is 0 Å². The molecule has 0 aliphatic rings. The maximum absolute atomic E-state index is 6.14. The molecule has 70 valence electrons. The van der Waals surface area contributed by atoms with Gasteiger partial charge in [0, 0.05) is 5.54 Å². The lowest BCUT2D eigenvalue weighted by Gasteiger charge is -2.37. The summed E-state index contributed by atoms with van der Waals surface area (Å²) in [6, 6.07) is 0. The van der Waals surface area contributed by atoms with Crippen LogP contribution in [0.2, 0.25) is 5.82 Å². The standard InChI is InChI=1S/C10H22BN/c1-6-10(5,12)8(3)7(2)9(4)11/h7-9H,6,12H2,1-5H3. The normalized spacial score (nSPS) is 24.2. The van der Waals surface area contributed by atoms with Gasteiger partial charge in [-0.05, 0) is 25.2 Å². The van der Waals surface area contributed by atoms with Crippen molar-refractivity contribution >= 4 is 7.85 Å². The number of hydrogen-bond acceptors (Lipinski definition) is 1. The summed E-state index contributed by atoms with van der Waals surface area (Å²) in [6.07, 6.45) is 1.01. The summed E-state index contributed by atoms with van der Waals surface area (Å²) in [4.78, 5) is 0. The molecule has 2 N–H and O–H groups in total. The molecule has 2 heteroatoms. The highest BCUT2D eigenvalue weighted by Gasteiger charge is 2.29. The van der Waals surface area contributed by atoms with E-state index in [2.05, 4.69) is 27.7 Å². The summed E-state index contributed by atoms with van der Waals surface area (Å²) in [5.74, 6) is 1.19. The summed E-state index contributed by atoms with van der Waals surface area (Å²) < 4.78 is 0. The quantitative estimate of drug-likeness (QED) is 0.639. The second-order valence-electron chi connectivity index (χ2n) is 4.37. The van der Waals surface area contributed by atoms with Crippen molar-refractivity contribution in [2.24, 2.45) is 17.6 Å². The van der Waals surface area contributed by atoms with E-state index in [1.165, 1.54) is 0 Å². The third-order valence-corrected chi connectivity index (χ3v) is 3.42. The second-order valence-corrected chi connectivity index (χ2v) is 4.37. The van der Waals surface area contributed by atoms with Crippen molar-refractivity contribution in [1.29, 1.82) is 0 Å². The fourth-order valence-corrected chi connectivity index (χ4v) is 1.38. The minimum Gasteiger partial charge on any atom is -0.325 e. The zero-order chi connectivity index (χ0) is 9.94. The number of hydrogen-bond donors (Lipinski definition) is 1. The molecule has 0 spiro atoms. The van der Waals surface area contributed by atoms with Gasteiger partial charge in [-0.1, -0.05) is 33.5 Å². The molecule has 4 atom stereocenters. The van der Waals surface area contributed by atoms with Crippen LogP contribution in [0.25, 0.3) is 0 Å². The molecule has 0 saturated carbocycles. The topological polar surface area (TPSA) is 26.0 Å². The summed E-state index contributed by atoms with van der Waals surface area (Å²) in [7, 11) is 5.83. The Morgan fingerprint density at radius 3 is 2.00 bits per heavy atom. The van der Waals surface area contributed by atoms with Crippen LogP contribution in [0.4, 0.5) is 0 Å². The molecule has 0 aliphatic heterocycles. The van der Waals surface area contributed by atoms with Crippen LogP contribution in [0.3, 0.4) is 0 Å². The van der Waals surface area contributed by atoms with Crippen molar-refractivity contribution < 1.29 is 0 Å². The average molecular weight is 167 g/mol. The molecular formula is C10H22BN. The van der Waals surface area contributed by atoms with Gasteiger partial charge in [-0.25, -0.2) is 0 Å². The van der Waals surface area contributed by atoms with E-state index >= 15 is 0 Å². The Kier molecular flexibility index (Phi) is 4.32. The molecule has 0 saturated heterocycles. The Bertz CT molecular complexity index is 132. The molecule has 4 unspecified atom stereocenters. The van der Waals surface area contributed by atoms with Gasteiger partial charge >= 0.3 is 0 Å². The fourth-order valence-electron chi connectivity index (χ4n) is 1.38. The highest BCUT2D eigenvalue weighted by molar-refractivity contribution is 6.11. The van der Waals surface area contributed by atoms with Crippen molar-refractivity contribution in [3.63, 3.8) is 0 Å². The van der Waals surface area contributed by atoms with Gasteiger partial charge in [-0.2, -0.15) is 0 Å². The van der Waals surface area contributed by atoms with Crippen LogP contribution in [-0.4, -0.2) is 13.4 Å². The third kappa shape index (κ3) is 2.82. The first-order valence-electron chi connectivity index (χ1n) is 4.87. The Labute approximate surface area is 78.5 Å². The van der Waals surface area contributed by atoms with Gasteiger partial charge < -0.3 is 5.73 Å². The Morgan fingerprint density at radius 2 is 1.75 bits per heavy atom. The van der Waals surface area contributed by atoms with Gasteiger partial charge in [0.2, 0.25) is 0 Å². The van der Waals surface area contributed by atoms with Crippen molar-refractivity contribution in [1.82, 2.24) is 0 Å². The Hall–Kier alpha value is 0.0249. The molecule has 0 amide bonds. The van der Waals surface area contributed by atoms with Gasteiger partial charge in [0.25, 0.3) is 0 Å². The zero-order valence-corrected chi connectivity index (χ0v) is 9.09. The van der Waals surface area contributed by atoms with Crippen LogP contribution >= 0.6 is 0 Å². The van der Waals surface area contributed by atoms with Crippen molar-refractivity contribution in [2.45, 2.75) is 52.4 Å². The molecule has 0 rings (SSSR count). The monoisotopic (exact) mass is 167 g/mol. The van der Waals surface area contributed by atoms with E-state index in [1.807, 2.05) is 6.92 Å². The molecule has 0 aromatic rings. The first kappa shape index (κ1) is 12.0. The van der Waals surface area contributed by atoms with Gasteiger partial charge in [0.15, 0.2) is 0 Å². The van der Waals surface area contributed by atoms with Gasteiger partial charge in [-0.3, -0.25) is 0 Å². The van der Waals surface area contributed by atoms with E-state index in [1.54, 1.807) is 0 Å². The van der Waals surface area contributed by atoms with E-state index < -0.39 is 0 Å². The molecule has 2 radical (unpaired) electrons. The van der Waals surface area contributed by atoms with Gasteiger partial charge in [-0.15, -0.1) is 0 Å². The Morgan fingerprint density at radius 1 is 1.33 bits per heavy atom. The van der Waals surface area contributed by atoms with Gasteiger partial charge in [0.1, 0.15) is 0 Å². The van der Waals surface area contributed by atoms with Gasteiger partial charge in [0.05, 0.1) is 7.85 Å². The van der Waals surface area contributed by atoms with E-state index in [0.717, 1.165) is 6.42 Å². The van der Waals surface area contributed by atoms with E-state index in [0.29, 0.717) is 11.8 Å². The maximum atomic E-state index is 6.14. The maximum Gasteiger partial charge on any atom is 0.0699 e. The largest absolute Gasteiger partial charge is 0.325 e. The molecule has 0 aromatic heterocycles. The fraction of sp³-hybridized carbons (Fsp3) is 1.00. The van der Waals surface area contributed by atoms with Crippen LogP contribution in [0.5, 0.6) is 0 Å². The van der Waals surface area contributed by atoms with Crippen LogP contribution in [0.1, 0.15) is 41.0 Å². The van der Waals surface area contributed by atoms with E-state index in [4.69, 9.17) is 13.6 Å². The third-order valence-electron chi connectivity index (χ3n) is 3.42. The highest BCUT2D eigenvalue weighted by Crippen LogP contribution is 2.31. The molecule has 0 aromatic carbocycles. The summed E-state index contributed by atoms with van der Waals surface area (Å²) in [6.45, 7) is 10.7. The predicted molar refractivity (Wildman–Crippen MR) is 56.4 cm³/mol. The lowest BCUT2D eigenvalue weighted by Crippen LogP contribution is -2.45. The molecule has 12 heavy (non-hydrogen) atoms. The average Bonchev–Trinajstić information content (AvgIpc) is 2.01. The van der Waals surface area contributed by atoms with Crippen molar-refractivity contribution in [3.8, 4) is 0 Å². The molecular weight excluding hydrogens is 145 g/mol. The van der Waals surface area contributed by atoms with Crippen LogP contribution in [0, 0.1) is 11.8 Å². The van der Waals surface area contributed by atoms with Crippen LogP contribution in [0.15, 0.2) is 0 Å². The highest BCUT2D eigenvalue weighted by atomic mass is 14.7. The van der Waals surface area contributed by atoms with Crippen LogP contribution in [-0.2, 0) is 0 Å². The van der Waals surface area contributed by atoms with Crippen molar-refractivity contribution in [2.75, 3.05) is 0 Å². The summed E-state index contributed by atoms with van der Waals surface area (Å²) >= 11 is 0. The molecule has 0 heterocycles. The Balaban J connectivity index is 4.27.